The zero-order valence-corrected chi connectivity index (χ0v) is 13.6. The van der Waals surface area contributed by atoms with E-state index < -0.39 is 0 Å². The van der Waals surface area contributed by atoms with E-state index in [-0.39, 0.29) is 11.9 Å². The fraction of sp³-hybridized carbons (Fsp3) is 0.941. The van der Waals surface area contributed by atoms with Crippen LogP contribution < -0.4 is 10.6 Å². The van der Waals surface area contributed by atoms with Crippen molar-refractivity contribution in [1.29, 1.82) is 0 Å². The molecule has 0 radical (unpaired) electrons. The zero-order valence-electron chi connectivity index (χ0n) is 13.6. The van der Waals surface area contributed by atoms with Crippen molar-refractivity contribution >= 4 is 5.91 Å². The largest absolute Gasteiger partial charge is 0.354 e. The minimum atomic E-state index is 0.0479. The first kappa shape index (κ1) is 15.3. The van der Waals surface area contributed by atoms with Crippen LogP contribution in [0.15, 0.2) is 0 Å². The van der Waals surface area contributed by atoms with Crippen molar-refractivity contribution in [2.75, 3.05) is 20.1 Å². The van der Waals surface area contributed by atoms with Gasteiger partial charge < -0.3 is 15.5 Å². The van der Waals surface area contributed by atoms with Gasteiger partial charge in [0.15, 0.2) is 0 Å². The number of amides is 1. The van der Waals surface area contributed by atoms with Crippen molar-refractivity contribution in [2.24, 2.45) is 11.8 Å². The molecule has 0 aromatic carbocycles. The average molecular weight is 293 g/mol. The summed E-state index contributed by atoms with van der Waals surface area (Å²) >= 11 is 0. The predicted octanol–water partition coefficient (Wildman–Crippen LogP) is 1.75. The minimum Gasteiger partial charge on any atom is -0.354 e. The lowest BCUT2D eigenvalue weighted by molar-refractivity contribution is -0.124. The summed E-state index contributed by atoms with van der Waals surface area (Å²) in [6.07, 6.45) is 8.68. The maximum atomic E-state index is 12.4. The van der Waals surface area contributed by atoms with Gasteiger partial charge in [0.05, 0.1) is 6.04 Å². The van der Waals surface area contributed by atoms with E-state index in [9.17, 15) is 4.79 Å². The molecule has 3 heterocycles. The average Bonchev–Trinajstić information content (AvgIpc) is 2.74. The number of nitrogens with zero attached hydrogens (tertiary/aromatic N) is 1. The van der Waals surface area contributed by atoms with Gasteiger partial charge in [-0.05, 0) is 64.0 Å². The first-order chi connectivity index (χ1) is 10.2. The minimum absolute atomic E-state index is 0.0479. The van der Waals surface area contributed by atoms with Crippen LogP contribution in [0.25, 0.3) is 0 Å². The Kier molecular flexibility index (Phi) is 4.85. The van der Waals surface area contributed by atoms with Crippen LogP contribution in [0, 0.1) is 11.8 Å². The number of hydrogen-bond acceptors (Lipinski definition) is 3. The molecule has 21 heavy (non-hydrogen) atoms. The Morgan fingerprint density at radius 2 is 1.86 bits per heavy atom. The zero-order chi connectivity index (χ0) is 14.8. The van der Waals surface area contributed by atoms with Gasteiger partial charge in [-0.2, -0.15) is 0 Å². The molecular formula is C17H31N3O. The van der Waals surface area contributed by atoms with Crippen molar-refractivity contribution in [3.8, 4) is 0 Å². The van der Waals surface area contributed by atoms with Gasteiger partial charge in [0.2, 0.25) is 5.91 Å². The number of carbonyl (C=O) groups is 1. The van der Waals surface area contributed by atoms with Gasteiger partial charge in [0.25, 0.3) is 0 Å². The highest BCUT2D eigenvalue weighted by Crippen LogP contribution is 2.37. The van der Waals surface area contributed by atoms with E-state index in [4.69, 9.17) is 0 Å². The molecule has 3 rings (SSSR count). The van der Waals surface area contributed by atoms with E-state index in [2.05, 4.69) is 29.5 Å². The summed E-state index contributed by atoms with van der Waals surface area (Å²) in [4.78, 5) is 14.9. The van der Waals surface area contributed by atoms with E-state index in [1.54, 1.807) is 0 Å². The first-order valence-electron chi connectivity index (χ1n) is 8.90. The van der Waals surface area contributed by atoms with Crippen LogP contribution in [-0.4, -0.2) is 49.1 Å². The van der Waals surface area contributed by atoms with Crippen molar-refractivity contribution in [3.63, 3.8) is 0 Å². The highest BCUT2D eigenvalue weighted by molar-refractivity contribution is 5.81. The molecule has 3 saturated heterocycles. The Hall–Kier alpha value is -0.610. The molecule has 2 N–H and O–H groups in total. The van der Waals surface area contributed by atoms with Crippen LogP contribution in [0.1, 0.15) is 51.9 Å². The summed E-state index contributed by atoms with van der Waals surface area (Å²) in [5.74, 6) is 1.65. The van der Waals surface area contributed by atoms with Crippen LogP contribution in [0.3, 0.4) is 0 Å². The highest BCUT2D eigenvalue weighted by Gasteiger charge is 2.38. The third-order valence-electron chi connectivity index (χ3n) is 6.17. The van der Waals surface area contributed by atoms with E-state index in [1.165, 1.54) is 38.5 Å². The van der Waals surface area contributed by atoms with Gasteiger partial charge in [-0.25, -0.2) is 0 Å². The van der Waals surface area contributed by atoms with Gasteiger partial charge in [-0.15, -0.1) is 0 Å². The molecule has 4 heteroatoms. The van der Waals surface area contributed by atoms with Crippen LogP contribution in [0.2, 0.25) is 0 Å². The number of piperidine rings is 2. The summed E-state index contributed by atoms with van der Waals surface area (Å²) in [5.41, 5.74) is 0. The molecule has 4 unspecified atom stereocenters. The van der Waals surface area contributed by atoms with Crippen LogP contribution in [0.5, 0.6) is 0 Å². The summed E-state index contributed by atoms with van der Waals surface area (Å²) in [6, 6.07) is 1.58. The number of hydrogen-bond donors (Lipinski definition) is 2. The Morgan fingerprint density at radius 3 is 2.52 bits per heavy atom. The number of carbonyl (C=O) groups excluding carboxylic acids is 1. The van der Waals surface area contributed by atoms with E-state index >= 15 is 0 Å². The Bertz CT molecular complexity index is 359. The molecule has 1 amide bonds. The van der Waals surface area contributed by atoms with Gasteiger partial charge in [0, 0.05) is 18.6 Å². The Balaban J connectivity index is 1.44. The molecule has 4 nitrogen and oxygen atoms in total. The highest BCUT2D eigenvalue weighted by atomic mass is 16.2. The molecule has 3 fully saturated rings. The van der Waals surface area contributed by atoms with E-state index in [0.717, 1.165) is 37.5 Å². The second kappa shape index (κ2) is 6.66. The van der Waals surface area contributed by atoms with Crippen molar-refractivity contribution < 1.29 is 4.79 Å². The quantitative estimate of drug-likeness (QED) is 0.830. The van der Waals surface area contributed by atoms with Gasteiger partial charge in [-0.1, -0.05) is 13.3 Å². The lowest BCUT2D eigenvalue weighted by atomic mass is 9.89. The topological polar surface area (TPSA) is 44.4 Å². The molecule has 3 aliphatic rings. The van der Waals surface area contributed by atoms with Gasteiger partial charge >= 0.3 is 0 Å². The maximum absolute atomic E-state index is 12.4. The summed E-state index contributed by atoms with van der Waals surface area (Å²) in [7, 11) is 2.27. The molecule has 0 spiro atoms. The molecule has 120 valence electrons. The fourth-order valence-electron chi connectivity index (χ4n) is 4.63. The van der Waals surface area contributed by atoms with Gasteiger partial charge in [-0.3, -0.25) is 4.79 Å². The van der Waals surface area contributed by atoms with Crippen LogP contribution in [0.4, 0.5) is 0 Å². The number of fused-ring (bicyclic) bond motifs is 2. The van der Waals surface area contributed by atoms with E-state index in [0.29, 0.717) is 5.92 Å². The second-order valence-corrected chi connectivity index (χ2v) is 7.44. The van der Waals surface area contributed by atoms with Crippen LogP contribution >= 0.6 is 0 Å². The smallest absolute Gasteiger partial charge is 0.237 e. The molecule has 0 aromatic heterocycles. The lowest BCUT2D eigenvalue weighted by Gasteiger charge is -2.36. The molecule has 3 aliphatic heterocycles. The van der Waals surface area contributed by atoms with E-state index in [1.807, 2.05) is 0 Å². The van der Waals surface area contributed by atoms with Gasteiger partial charge in [0.1, 0.15) is 0 Å². The standard InChI is InChI=1S/C17H31N3O/c1-3-12-6-7-18-16(10-12)17(21)19-11-13-8-14-4-5-15(9-13)20(14)2/h12-16,18H,3-11H2,1-2H3,(H,19,21). The fourth-order valence-corrected chi connectivity index (χ4v) is 4.63. The van der Waals surface area contributed by atoms with Crippen molar-refractivity contribution in [1.82, 2.24) is 15.5 Å². The monoisotopic (exact) mass is 293 g/mol. The molecule has 2 bridgehead atoms. The number of nitrogens with one attached hydrogen (secondary N) is 2. The predicted molar refractivity (Wildman–Crippen MR) is 85.1 cm³/mol. The molecule has 4 atom stereocenters. The molecule has 0 aliphatic carbocycles. The Morgan fingerprint density at radius 1 is 1.14 bits per heavy atom. The number of rotatable bonds is 4. The van der Waals surface area contributed by atoms with Crippen molar-refractivity contribution in [3.05, 3.63) is 0 Å². The summed E-state index contributed by atoms with van der Waals surface area (Å²) < 4.78 is 0. The molecule has 0 aromatic rings. The SMILES string of the molecule is CCC1CCNC(C(=O)NCC2CC3CCC(C2)N3C)C1. The lowest BCUT2D eigenvalue weighted by Crippen LogP contribution is -2.50. The first-order valence-corrected chi connectivity index (χ1v) is 8.90. The van der Waals surface area contributed by atoms with Crippen molar-refractivity contribution in [2.45, 2.75) is 70.0 Å². The Labute approximate surface area is 129 Å². The summed E-state index contributed by atoms with van der Waals surface area (Å²) in [6.45, 7) is 4.11. The molecule has 0 saturated carbocycles. The normalized spacial score (nSPS) is 40.2. The molecular weight excluding hydrogens is 262 g/mol. The maximum Gasteiger partial charge on any atom is 0.237 e. The third kappa shape index (κ3) is 3.42. The second-order valence-electron chi connectivity index (χ2n) is 7.44. The summed E-state index contributed by atoms with van der Waals surface area (Å²) in [5, 5.41) is 6.62. The van der Waals surface area contributed by atoms with Crippen LogP contribution in [-0.2, 0) is 4.79 Å². The third-order valence-corrected chi connectivity index (χ3v) is 6.17.